The predicted octanol–water partition coefficient (Wildman–Crippen LogP) is 5.95. The molecule has 4 rings (SSSR count). The molecule has 4 N–H and O–H groups in total. The van der Waals surface area contributed by atoms with Crippen LogP contribution < -0.4 is 20.7 Å². The number of halogens is 3. The minimum Gasteiger partial charge on any atom is -0.494 e. The maximum atomic E-state index is 13.1. The Balaban J connectivity index is 1.58. The molecule has 3 aromatic heterocycles. The normalized spacial score (nSPS) is 10.6. The average Bonchev–Trinajstić information content (AvgIpc) is 3.49. The fourth-order valence-corrected chi connectivity index (χ4v) is 4.63. The molecule has 2 amide bonds. The maximum Gasteiger partial charge on any atom is 0.267 e. The van der Waals surface area contributed by atoms with Gasteiger partial charge in [-0.15, -0.1) is 11.3 Å². The van der Waals surface area contributed by atoms with Crippen molar-refractivity contribution in [2.45, 2.75) is 6.54 Å². The van der Waals surface area contributed by atoms with Crippen molar-refractivity contribution in [3.05, 3.63) is 79.2 Å². The Morgan fingerprint density at radius 3 is 2.60 bits per heavy atom. The molecule has 0 aliphatic carbocycles. The quantitative estimate of drug-likeness (QED) is 0.215. The van der Waals surface area contributed by atoms with Crippen molar-refractivity contribution in [2.24, 2.45) is 0 Å². The third kappa shape index (κ3) is 5.85. The van der Waals surface area contributed by atoms with Gasteiger partial charge >= 0.3 is 0 Å². The van der Waals surface area contributed by atoms with Crippen LogP contribution in [0.2, 0.25) is 15.1 Å². The molecule has 4 aromatic rings. The smallest absolute Gasteiger partial charge is 0.267 e. The van der Waals surface area contributed by atoms with Gasteiger partial charge in [-0.1, -0.05) is 34.8 Å². The first kappa shape index (κ1) is 24.8. The predicted molar refractivity (Wildman–Crippen MR) is 138 cm³/mol. The van der Waals surface area contributed by atoms with E-state index in [-0.39, 0.29) is 32.7 Å². The lowest BCUT2D eigenvalue weighted by Gasteiger charge is -2.15. The van der Waals surface area contributed by atoms with E-state index in [1.807, 2.05) is 0 Å². The molecule has 0 fully saturated rings. The third-order valence-electron chi connectivity index (χ3n) is 4.72. The van der Waals surface area contributed by atoms with E-state index in [0.717, 1.165) is 11.4 Å². The second kappa shape index (κ2) is 11.0. The summed E-state index contributed by atoms with van der Waals surface area (Å²) in [5.41, 5.74) is 0.939. The Bertz CT molecular complexity index is 1360. The van der Waals surface area contributed by atoms with Gasteiger partial charge in [-0.05, 0) is 29.6 Å². The molecule has 0 spiro atoms. The number of hydrogen-bond donors (Lipinski definition) is 4. The van der Waals surface area contributed by atoms with E-state index >= 15 is 0 Å². The zero-order chi connectivity index (χ0) is 24.9. The SMILES string of the molecule is COc1cc(Cl)cc(C(=O)Nc2ccc(Cl)cn2)c1NC(=O)c1scc(CNc2ccn[nH]2)c1Cl. The highest BCUT2D eigenvalue weighted by atomic mass is 35.5. The van der Waals surface area contributed by atoms with Crippen molar-refractivity contribution in [3.8, 4) is 5.75 Å². The first-order valence-corrected chi connectivity index (χ1v) is 12.0. The minimum atomic E-state index is -0.558. The third-order valence-corrected chi connectivity index (χ3v) is 6.73. The van der Waals surface area contributed by atoms with Crippen LogP contribution in [0.15, 0.2) is 48.1 Å². The van der Waals surface area contributed by atoms with Gasteiger partial charge < -0.3 is 20.7 Å². The Morgan fingerprint density at radius 1 is 1.09 bits per heavy atom. The molecule has 9 nitrogen and oxygen atoms in total. The molecule has 0 bridgehead atoms. The number of nitrogens with zero attached hydrogens (tertiary/aromatic N) is 2. The fraction of sp³-hybridized carbons (Fsp3) is 0.0909. The van der Waals surface area contributed by atoms with Crippen LogP contribution in [0.3, 0.4) is 0 Å². The van der Waals surface area contributed by atoms with Gasteiger partial charge in [0.2, 0.25) is 0 Å². The number of pyridine rings is 1. The molecule has 180 valence electrons. The standard InChI is InChI=1S/C22H17Cl3N6O3S/c1-34-15-7-13(24)6-14(21(32)29-16-3-2-12(23)9-27-16)19(15)30-22(33)20-18(25)11(10-35-20)8-26-17-4-5-28-31-17/h2-7,9-10H,8H2,1H3,(H,30,33)(H2,26,28,31)(H,27,29,32). The summed E-state index contributed by atoms with van der Waals surface area (Å²) < 4.78 is 5.37. The number of H-pyrrole nitrogens is 1. The topological polar surface area (TPSA) is 121 Å². The summed E-state index contributed by atoms with van der Waals surface area (Å²) in [6.45, 7) is 0.386. The van der Waals surface area contributed by atoms with E-state index in [9.17, 15) is 9.59 Å². The van der Waals surface area contributed by atoms with Crippen LogP contribution >= 0.6 is 46.1 Å². The molecule has 3 heterocycles. The van der Waals surface area contributed by atoms with Crippen LogP contribution in [-0.4, -0.2) is 34.1 Å². The van der Waals surface area contributed by atoms with Gasteiger partial charge in [-0.2, -0.15) is 5.10 Å². The number of methoxy groups -OCH3 is 1. The lowest BCUT2D eigenvalue weighted by Crippen LogP contribution is -2.19. The van der Waals surface area contributed by atoms with Gasteiger partial charge in [0.1, 0.15) is 22.3 Å². The number of ether oxygens (including phenoxy) is 1. The summed E-state index contributed by atoms with van der Waals surface area (Å²) >= 11 is 19.7. The summed E-state index contributed by atoms with van der Waals surface area (Å²) in [5.74, 6) is 0.125. The number of amides is 2. The van der Waals surface area contributed by atoms with Crippen molar-refractivity contribution < 1.29 is 14.3 Å². The fourth-order valence-electron chi connectivity index (χ4n) is 3.05. The number of carbonyl (C=O) groups excluding carboxylic acids is 2. The highest BCUT2D eigenvalue weighted by Crippen LogP contribution is 2.35. The molecule has 35 heavy (non-hydrogen) atoms. The lowest BCUT2D eigenvalue weighted by molar-refractivity contribution is 0.102. The number of aromatic amines is 1. The summed E-state index contributed by atoms with van der Waals surface area (Å²) in [7, 11) is 1.40. The monoisotopic (exact) mass is 550 g/mol. The first-order valence-electron chi connectivity index (χ1n) is 9.96. The number of anilines is 3. The summed E-state index contributed by atoms with van der Waals surface area (Å²) in [6.07, 6.45) is 3.02. The van der Waals surface area contributed by atoms with Crippen LogP contribution in [-0.2, 0) is 6.54 Å². The molecule has 1 aromatic carbocycles. The maximum absolute atomic E-state index is 13.1. The van der Waals surface area contributed by atoms with Crippen molar-refractivity contribution >= 4 is 75.3 Å². The molecule has 0 aliphatic heterocycles. The van der Waals surface area contributed by atoms with Gasteiger partial charge in [-0.25, -0.2) is 4.98 Å². The zero-order valence-electron chi connectivity index (χ0n) is 18.0. The first-order chi connectivity index (χ1) is 16.9. The molecule has 0 aliphatic rings. The van der Waals surface area contributed by atoms with Gasteiger partial charge in [0.05, 0.1) is 34.6 Å². The number of benzene rings is 1. The number of rotatable bonds is 8. The Kier molecular flexibility index (Phi) is 7.76. The second-order valence-electron chi connectivity index (χ2n) is 7.03. The van der Waals surface area contributed by atoms with E-state index in [2.05, 4.69) is 31.1 Å². The molecular weight excluding hydrogens is 535 g/mol. The highest BCUT2D eigenvalue weighted by Gasteiger charge is 2.23. The number of thiophene rings is 1. The summed E-state index contributed by atoms with van der Waals surface area (Å²) in [6, 6.07) is 7.81. The zero-order valence-corrected chi connectivity index (χ0v) is 21.1. The summed E-state index contributed by atoms with van der Waals surface area (Å²) in [4.78, 5) is 30.5. The van der Waals surface area contributed by atoms with Crippen molar-refractivity contribution in [1.29, 1.82) is 0 Å². The average molecular weight is 552 g/mol. The number of hydrogen-bond acceptors (Lipinski definition) is 7. The van der Waals surface area contributed by atoms with Gasteiger partial charge in [0.15, 0.2) is 0 Å². The Labute approximate surface area is 218 Å². The lowest BCUT2D eigenvalue weighted by atomic mass is 10.1. The number of carbonyl (C=O) groups is 2. The molecule has 0 atom stereocenters. The molecule has 0 saturated carbocycles. The minimum absolute atomic E-state index is 0.0771. The van der Waals surface area contributed by atoms with Crippen molar-refractivity contribution in [3.63, 3.8) is 0 Å². The molecule has 0 unspecified atom stereocenters. The molecule has 0 radical (unpaired) electrons. The van der Waals surface area contributed by atoms with Crippen LogP contribution in [0, 0.1) is 0 Å². The van der Waals surface area contributed by atoms with Crippen molar-refractivity contribution in [1.82, 2.24) is 15.2 Å². The highest BCUT2D eigenvalue weighted by molar-refractivity contribution is 7.13. The van der Waals surface area contributed by atoms with E-state index < -0.39 is 11.8 Å². The molecular formula is C22H17Cl3N6O3S. The largest absolute Gasteiger partial charge is 0.494 e. The Hall–Kier alpha value is -3.31. The van der Waals surface area contributed by atoms with E-state index in [1.165, 1.54) is 36.8 Å². The molecule has 0 saturated heterocycles. The number of nitrogens with one attached hydrogen (secondary N) is 4. The van der Waals surface area contributed by atoms with Crippen LogP contribution in [0.1, 0.15) is 25.6 Å². The van der Waals surface area contributed by atoms with E-state index in [4.69, 9.17) is 39.5 Å². The van der Waals surface area contributed by atoms with Crippen LogP contribution in [0.25, 0.3) is 0 Å². The Morgan fingerprint density at radius 2 is 1.91 bits per heavy atom. The van der Waals surface area contributed by atoms with Gasteiger partial charge in [0, 0.05) is 29.4 Å². The summed E-state index contributed by atoms with van der Waals surface area (Å²) in [5, 5.41) is 17.9. The van der Waals surface area contributed by atoms with E-state index in [1.54, 1.807) is 29.8 Å². The van der Waals surface area contributed by atoms with E-state index in [0.29, 0.717) is 16.6 Å². The van der Waals surface area contributed by atoms with Crippen molar-refractivity contribution in [2.75, 3.05) is 23.1 Å². The van der Waals surface area contributed by atoms with Gasteiger partial charge in [-0.3, -0.25) is 14.7 Å². The second-order valence-corrected chi connectivity index (χ2v) is 9.16. The van der Waals surface area contributed by atoms with Crippen LogP contribution in [0.5, 0.6) is 5.75 Å². The van der Waals surface area contributed by atoms with Gasteiger partial charge in [0.25, 0.3) is 11.8 Å². The van der Waals surface area contributed by atoms with Crippen LogP contribution in [0.4, 0.5) is 17.3 Å². The number of aromatic nitrogens is 3. The molecule has 13 heteroatoms.